The average Bonchev–Trinajstić information content (AvgIpc) is 2.59. The highest BCUT2D eigenvalue weighted by Crippen LogP contribution is 2.36. The second kappa shape index (κ2) is 9.58. The molecule has 2 aromatic carbocycles. The van der Waals surface area contributed by atoms with Gasteiger partial charge in [0.1, 0.15) is 0 Å². The molecule has 0 heterocycles. The molecule has 0 bridgehead atoms. The van der Waals surface area contributed by atoms with Crippen LogP contribution in [0.1, 0.15) is 18.1 Å². The summed E-state index contributed by atoms with van der Waals surface area (Å²) in [6.45, 7) is 2.44. The van der Waals surface area contributed by atoms with E-state index in [1.807, 2.05) is 37.3 Å². The Morgan fingerprint density at radius 1 is 1.24 bits per heavy atom. The van der Waals surface area contributed by atoms with Crippen LogP contribution in [-0.2, 0) is 11.2 Å². The molecule has 0 saturated heterocycles. The third-order valence-corrected chi connectivity index (χ3v) is 4.34. The van der Waals surface area contributed by atoms with Gasteiger partial charge in [-0.1, -0.05) is 28.1 Å². The number of halogens is 2. The molecule has 0 atom stereocenters. The lowest BCUT2D eigenvalue weighted by molar-refractivity contribution is -0.120. The number of benzene rings is 2. The Labute approximate surface area is 163 Å². The summed E-state index contributed by atoms with van der Waals surface area (Å²) in [5, 5.41) is 4.00. The summed E-state index contributed by atoms with van der Waals surface area (Å²) < 4.78 is 12.6. The van der Waals surface area contributed by atoms with Crippen molar-refractivity contribution in [3.8, 4) is 11.5 Å². The van der Waals surface area contributed by atoms with Crippen LogP contribution in [0.3, 0.4) is 0 Å². The Balaban J connectivity index is 2.00. The van der Waals surface area contributed by atoms with Crippen LogP contribution in [0.25, 0.3) is 0 Å². The quantitative estimate of drug-likeness (QED) is 0.485. The van der Waals surface area contributed by atoms with Crippen LogP contribution in [0.15, 0.2) is 50.4 Å². The Morgan fingerprint density at radius 3 is 2.60 bits per heavy atom. The number of hydrazone groups is 1. The highest BCUT2D eigenvalue weighted by molar-refractivity contribution is 9.10. The monoisotopic (exact) mass is 468 g/mol. The second-order valence-corrected chi connectivity index (χ2v) is 6.83. The second-order valence-electron chi connectivity index (χ2n) is 5.06. The SMILES string of the molecule is CCOc1c(Br)cc(/C=N\NC(=O)Cc2ccc(Br)cc2)cc1OC. The number of carbonyl (C=O) groups is 1. The Bertz CT molecular complexity index is 762. The Morgan fingerprint density at radius 2 is 1.96 bits per heavy atom. The number of hydrogen-bond acceptors (Lipinski definition) is 4. The highest BCUT2D eigenvalue weighted by Gasteiger charge is 2.10. The number of nitrogens with zero attached hydrogens (tertiary/aromatic N) is 1. The molecular formula is C18H18Br2N2O3. The minimum atomic E-state index is -0.185. The number of rotatable bonds is 7. The van der Waals surface area contributed by atoms with Crippen molar-refractivity contribution in [2.45, 2.75) is 13.3 Å². The summed E-state index contributed by atoms with van der Waals surface area (Å²) in [7, 11) is 1.57. The zero-order valence-corrected chi connectivity index (χ0v) is 17.1. The molecule has 0 aliphatic heterocycles. The lowest BCUT2D eigenvalue weighted by Gasteiger charge is -2.11. The summed E-state index contributed by atoms with van der Waals surface area (Å²) in [6, 6.07) is 11.2. The van der Waals surface area contributed by atoms with E-state index >= 15 is 0 Å². The van der Waals surface area contributed by atoms with Crippen molar-refractivity contribution in [3.63, 3.8) is 0 Å². The van der Waals surface area contributed by atoms with Crippen molar-refractivity contribution < 1.29 is 14.3 Å². The van der Waals surface area contributed by atoms with Gasteiger partial charge in [-0.05, 0) is 58.2 Å². The maximum Gasteiger partial charge on any atom is 0.244 e. The first-order valence-electron chi connectivity index (χ1n) is 7.60. The van der Waals surface area contributed by atoms with Crippen LogP contribution >= 0.6 is 31.9 Å². The first-order valence-corrected chi connectivity index (χ1v) is 9.18. The zero-order chi connectivity index (χ0) is 18.2. The van der Waals surface area contributed by atoms with Gasteiger partial charge in [-0.15, -0.1) is 0 Å². The van der Waals surface area contributed by atoms with E-state index in [1.54, 1.807) is 19.4 Å². The molecule has 0 aliphatic rings. The Hall–Kier alpha value is -1.86. The number of carbonyl (C=O) groups excluding carboxylic acids is 1. The molecule has 2 aromatic rings. The summed E-state index contributed by atoms with van der Waals surface area (Å²) in [4.78, 5) is 11.9. The molecular weight excluding hydrogens is 452 g/mol. The van der Waals surface area contributed by atoms with Crippen LogP contribution in [-0.4, -0.2) is 25.8 Å². The van der Waals surface area contributed by atoms with Crippen molar-refractivity contribution in [3.05, 3.63) is 56.5 Å². The van der Waals surface area contributed by atoms with E-state index in [4.69, 9.17) is 9.47 Å². The molecule has 1 N–H and O–H groups in total. The lowest BCUT2D eigenvalue weighted by Crippen LogP contribution is -2.19. The van der Waals surface area contributed by atoms with Crippen molar-refractivity contribution in [2.24, 2.45) is 5.10 Å². The number of methoxy groups -OCH3 is 1. The standard InChI is InChI=1S/C18H18Br2N2O3/c1-3-25-18-15(20)8-13(9-16(18)24-2)11-21-22-17(23)10-12-4-6-14(19)7-5-12/h4-9,11H,3,10H2,1-2H3,(H,22,23)/b21-11-. The van der Waals surface area contributed by atoms with Crippen molar-refractivity contribution in [2.75, 3.05) is 13.7 Å². The molecule has 0 fully saturated rings. The Kier molecular flexibility index (Phi) is 7.46. The van der Waals surface area contributed by atoms with Gasteiger partial charge in [-0.25, -0.2) is 5.43 Å². The molecule has 2 rings (SSSR count). The number of nitrogens with one attached hydrogen (secondary N) is 1. The van der Waals surface area contributed by atoms with Gasteiger partial charge < -0.3 is 9.47 Å². The lowest BCUT2D eigenvalue weighted by atomic mass is 10.1. The third-order valence-electron chi connectivity index (χ3n) is 3.22. The summed E-state index contributed by atoms with van der Waals surface area (Å²) in [5.41, 5.74) is 4.21. The fourth-order valence-electron chi connectivity index (χ4n) is 2.10. The predicted octanol–water partition coefficient (Wildman–Crippen LogP) is 4.31. The average molecular weight is 470 g/mol. The molecule has 0 aromatic heterocycles. The van der Waals surface area contributed by atoms with E-state index < -0.39 is 0 Å². The molecule has 5 nitrogen and oxygen atoms in total. The van der Waals surface area contributed by atoms with Gasteiger partial charge in [0.15, 0.2) is 11.5 Å². The number of ether oxygens (including phenoxy) is 2. The zero-order valence-electron chi connectivity index (χ0n) is 13.9. The van der Waals surface area contributed by atoms with Crippen LogP contribution < -0.4 is 14.9 Å². The maximum atomic E-state index is 11.9. The summed E-state index contributed by atoms with van der Waals surface area (Å²) in [6.07, 6.45) is 1.82. The maximum absolute atomic E-state index is 11.9. The van der Waals surface area contributed by atoms with Gasteiger partial charge >= 0.3 is 0 Å². The third kappa shape index (κ3) is 5.86. The van der Waals surface area contributed by atoms with Gasteiger partial charge in [0, 0.05) is 4.47 Å². The van der Waals surface area contributed by atoms with Crippen LogP contribution in [0.2, 0.25) is 0 Å². The minimum absolute atomic E-state index is 0.185. The summed E-state index contributed by atoms with van der Waals surface area (Å²) >= 11 is 6.82. The topological polar surface area (TPSA) is 59.9 Å². The van der Waals surface area contributed by atoms with E-state index in [9.17, 15) is 4.79 Å². The minimum Gasteiger partial charge on any atom is -0.493 e. The summed E-state index contributed by atoms with van der Waals surface area (Å²) in [5.74, 6) is 1.05. The van der Waals surface area contributed by atoms with Crippen molar-refractivity contribution in [1.82, 2.24) is 5.43 Å². The van der Waals surface area contributed by atoms with E-state index in [1.165, 1.54) is 0 Å². The molecule has 1 amide bonds. The first-order chi connectivity index (χ1) is 12.0. The van der Waals surface area contributed by atoms with Crippen LogP contribution in [0, 0.1) is 0 Å². The van der Waals surface area contributed by atoms with E-state index in [0.717, 1.165) is 20.1 Å². The number of hydrogen-bond donors (Lipinski definition) is 1. The van der Waals surface area contributed by atoms with Gasteiger partial charge in [0.25, 0.3) is 0 Å². The molecule has 0 saturated carbocycles. The smallest absolute Gasteiger partial charge is 0.244 e. The fourth-order valence-corrected chi connectivity index (χ4v) is 2.94. The van der Waals surface area contributed by atoms with Crippen molar-refractivity contribution in [1.29, 1.82) is 0 Å². The van der Waals surface area contributed by atoms with Gasteiger partial charge in [-0.2, -0.15) is 5.10 Å². The normalized spacial score (nSPS) is 10.7. The molecule has 7 heteroatoms. The van der Waals surface area contributed by atoms with E-state index in [-0.39, 0.29) is 12.3 Å². The van der Waals surface area contributed by atoms with Crippen molar-refractivity contribution >= 4 is 44.0 Å². The molecule has 132 valence electrons. The largest absolute Gasteiger partial charge is 0.493 e. The van der Waals surface area contributed by atoms with Gasteiger partial charge in [-0.3, -0.25) is 4.79 Å². The van der Waals surface area contributed by atoms with E-state index in [2.05, 4.69) is 42.4 Å². The highest BCUT2D eigenvalue weighted by atomic mass is 79.9. The molecule has 0 radical (unpaired) electrons. The molecule has 25 heavy (non-hydrogen) atoms. The van der Waals surface area contributed by atoms with Gasteiger partial charge in [0.05, 0.1) is 30.8 Å². The van der Waals surface area contributed by atoms with Gasteiger partial charge in [0.2, 0.25) is 5.91 Å². The van der Waals surface area contributed by atoms with Crippen LogP contribution in [0.4, 0.5) is 0 Å². The first kappa shape index (κ1) is 19.5. The number of amides is 1. The fraction of sp³-hybridized carbons (Fsp3) is 0.222. The molecule has 0 unspecified atom stereocenters. The molecule has 0 aliphatic carbocycles. The molecule has 0 spiro atoms. The van der Waals surface area contributed by atoms with Crippen LogP contribution in [0.5, 0.6) is 11.5 Å². The van der Waals surface area contributed by atoms with E-state index in [0.29, 0.717) is 18.1 Å². The predicted molar refractivity (Wildman–Crippen MR) is 105 cm³/mol.